The van der Waals surface area contributed by atoms with E-state index in [4.69, 9.17) is 10.5 Å². The second kappa shape index (κ2) is 6.04. The van der Waals surface area contributed by atoms with Gasteiger partial charge in [0.2, 0.25) is 11.8 Å². The highest BCUT2D eigenvalue weighted by atomic mass is 16.5. The Labute approximate surface area is 112 Å². The molecule has 0 fully saturated rings. The fourth-order valence-corrected chi connectivity index (χ4v) is 1.75. The highest BCUT2D eigenvalue weighted by Gasteiger charge is 2.09. The predicted molar refractivity (Wildman–Crippen MR) is 76.1 cm³/mol. The number of nitrogens with one attached hydrogen (secondary N) is 1. The molecule has 0 amide bonds. The second-order valence-electron chi connectivity index (χ2n) is 4.15. The van der Waals surface area contributed by atoms with Crippen LogP contribution in [0.1, 0.15) is 25.5 Å². The maximum atomic E-state index is 5.80. The van der Waals surface area contributed by atoms with Crippen molar-refractivity contribution in [3.8, 4) is 5.88 Å². The van der Waals surface area contributed by atoms with Crippen LogP contribution < -0.4 is 15.8 Å². The van der Waals surface area contributed by atoms with Gasteiger partial charge in [-0.1, -0.05) is 30.3 Å². The minimum absolute atomic E-state index is 0.0926. The topological polar surface area (TPSA) is 73.1 Å². The van der Waals surface area contributed by atoms with Crippen molar-refractivity contribution in [1.82, 2.24) is 9.97 Å². The third-order valence-corrected chi connectivity index (χ3v) is 2.64. The number of hydrogen-bond acceptors (Lipinski definition) is 5. The van der Waals surface area contributed by atoms with Crippen LogP contribution >= 0.6 is 0 Å². The first-order valence-corrected chi connectivity index (χ1v) is 6.29. The fraction of sp³-hybridized carbons (Fsp3) is 0.286. The number of nitrogens with two attached hydrogens (primary N) is 1. The van der Waals surface area contributed by atoms with E-state index in [1.54, 1.807) is 6.07 Å². The molecule has 2 rings (SSSR count). The Kier molecular flexibility index (Phi) is 4.18. The molecule has 1 aromatic heterocycles. The number of nitrogen functional groups attached to an aromatic ring is 1. The molecule has 1 heterocycles. The zero-order valence-electron chi connectivity index (χ0n) is 11.1. The van der Waals surface area contributed by atoms with E-state index < -0.39 is 0 Å². The lowest BCUT2D eigenvalue weighted by Crippen LogP contribution is -2.08. The van der Waals surface area contributed by atoms with Gasteiger partial charge in [-0.05, 0) is 19.4 Å². The molecule has 100 valence electrons. The number of ether oxygens (including phenoxy) is 1. The molecule has 2 aromatic rings. The quantitative estimate of drug-likeness (QED) is 0.862. The highest BCUT2D eigenvalue weighted by molar-refractivity contribution is 5.42. The first-order chi connectivity index (χ1) is 9.19. The Morgan fingerprint density at radius 3 is 2.68 bits per heavy atom. The molecular formula is C14H18N4O. The van der Waals surface area contributed by atoms with Gasteiger partial charge in [-0.25, -0.2) is 0 Å². The molecule has 0 aliphatic rings. The maximum absolute atomic E-state index is 5.80. The van der Waals surface area contributed by atoms with Crippen molar-refractivity contribution in [1.29, 1.82) is 0 Å². The molecular weight excluding hydrogens is 240 g/mol. The molecule has 0 bridgehead atoms. The van der Waals surface area contributed by atoms with Gasteiger partial charge in [0, 0.05) is 12.6 Å². The summed E-state index contributed by atoms with van der Waals surface area (Å²) in [5.74, 6) is 1.35. The Balaban J connectivity index is 2.14. The SMILES string of the molecule is CCNc1cc(OC(C)c2ccccc2)nc(N)n1. The van der Waals surface area contributed by atoms with Gasteiger partial charge in [0.05, 0.1) is 0 Å². The normalized spacial score (nSPS) is 11.9. The summed E-state index contributed by atoms with van der Waals surface area (Å²) in [6.07, 6.45) is -0.0926. The van der Waals surface area contributed by atoms with Gasteiger partial charge in [0.15, 0.2) is 0 Å². The minimum atomic E-state index is -0.0926. The molecule has 0 spiro atoms. The monoisotopic (exact) mass is 258 g/mol. The molecule has 1 atom stereocenters. The molecule has 1 unspecified atom stereocenters. The van der Waals surface area contributed by atoms with Gasteiger partial charge in [0.25, 0.3) is 0 Å². The van der Waals surface area contributed by atoms with E-state index in [9.17, 15) is 0 Å². The summed E-state index contributed by atoms with van der Waals surface area (Å²) in [6, 6.07) is 11.7. The highest BCUT2D eigenvalue weighted by Crippen LogP contribution is 2.22. The van der Waals surface area contributed by atoms with Crippen LogP contribution in [-0.4, -0.2) is 16.5 Å². The van der Waals surface area contributed by atoms with Crippen LogP contribution in [0.5, 0.6) is 5.88 Å². The number of benzene rings is 1. The fourth-order valence-electron chi connectivity index (χ4n) is 1.75. The first-order valence-electron chi connectivity index (χ1n) is 6.29. The standard InChI is InChI=1S/C14H18N4O/c1-3-16-12-9-13(18-14(15)17-12)19-10(2)11-7-5-4-6-8-11/h4-10H,3H2,1-2H3,(H3,15,16,17,18). The van der Waals surface area contributed by atoms with Crippen molar-refractivity contribution in [3.63, 3.8) is 0 Å². The zero-order valence-corrected chi connectivity index (χ0v) is 11.1. The Hall–Kier alpha value is -2.30. The van der Waals surface area contributed by atoms with Crippen LogP contribution in [0.3, 0.4) is 0 Å². The molecule has 5 nitrogen and oxygen atoms in total. The molecule has 1 aromatic carbocycles. The van der Waals surface area contributed by atoms with Crippen LogP contribution in [0.25, 0.3) is 0 Å². The van der Waals surface area contributed by atoms with E-state index in [0.29, 0.717) is 11.7 Å². The Morgan fingerprint density at radius 2 is 2.00 bits per heavy atom. The number of rotatable bonds is 5. The van der Waals surface area contributed by atoms with Crippen molar-refractivity contribution in [2.45, 2.75) is 20.0 Å². The zero-order chi connectivity index (χ0) is 13.7. The van der Waals surface area contributed by atoms with Gasteiger partial charge < -0.3 is 15.8 Å². The molecule has 0 aliphatic heterocycles. The van der Waals surface area contributed by atoms with Gasteiger partial charge in [-0.3, -0.25) is 0 Å². The van der Waals surface area contributed by atoms with Gasteiger partial charge in [-0.15, -0.1) is 0 Å². The van der Waals surface area contributed by atoms with Crippen LogP contribution in [0, 0.1) is 0 Å². The van der Waals surface area contributed by atoms with Crippen LogP contribution in [0.15, 0.2) is 36.4 Å². The molecule has 19 heavy (non-hydrogen) atoms. The Morgan fingerprint density at radius 1 is 1.26 bits per heavy atom. The second-order valence-corrected chi connectivity index (χ2v) is 4.15. The summed E-state index contributed by atoms with van der Waals surface area (Å²) in [5, 5.41) is 3.09. The van der Waals surface area contributed by atoms with E-state index >= 15 is 0 Å². The van der Waals surface area contributed by atoms with Gasteiger partial charge in [-0.2, -0.15) is 9.97 Å². The third kappa shape index (κ3) is 3.58. The number of anilines is 2. The molecule has 5 heteroatoms. The van der Waals surface area contributed by atoms with Crippen molar-refractivity contribution in [2.24, 2.45) is 0 Å². The lowest BCUT2D eigenvalue weighted by Gasteiger charge is -2.15. The molecule has 0 radical (unpaired) electrons. The van der Waals surface area contributed by atoms with Crippen LogP contribution in [0.4, 0.5) is 11.8 Å². The third-order valence-electron chi connectivity index (χ3n) is 2.64. The van der Waals surface area contributed by atoms with Crippen molar-refractivity contribution in [2.75, 3.05) is 17.6 Å². The van der Waals surface area contributed by atoms with E-state index in [2.05, 4.69) is 15.3 Å². The summed E-state index contributed by atoms with van der Waals surface area (Å²) in [7, 11) is 0. The summed E-state index contributed by atoms with van der Waals surface area (Å²) >= 11 is 0. The summed E-state index contributed by atoms with van der Waals surface area (Å²) in [6.45, 7) is 4.73. The molecule has 0 aliphatic carbocycles. The summed E-state index contributed by atoms with van der Waals surface area (Å²) < 4.78 is 5.80. The number of aromatic nitrogens is 2. The van der Waals surface area contributed by atoms with E-state index in [-0.39, 0.29) is 12.1 Å². The Bertz CT molecular complexity index is 530. The van der Waals surface area contributed by atoms with Crippen molar-refractivity contribution < 1.29 is 4.74 Å². The first kappa shape index (κ1) is 13.1. The van der Waals surface area contributed by atoms with Crippen LogP contribution in [0.2, 0.25) is 0 Å². The minimum Gasteiger partial charge on any atom is -0.470 e. The van der Waals surface area contributed by atoms with E-state index in [1.165, 1.54) is 0 Å². The average molecular weight is 258 g/mol. The molecule has 3 N–H and O–H groups in total. The molecule has 0 saturated heterocycles. The van der Waals surface area contributed by atoms with Crippen molar-refractivity contribution in [3.05, 3.63) is 42.0 Å². The lowest BCUT2D eigenvalue weighted by atomic mass is 10.1. The number of nitrogens with zero attached hydrogens (tertiary/aromatic N) is 2. The average Bonchev–Trinajstić information content (AvgIpc) is 2.39. The van der Waals surface area contributed by atoms with E-state index in [1.807, 2.05) is 44.2 Å². The van der Waals surface area contributed by atoms with E-state index in [0.717, 1.165) is 12.1 Å². The summed E-state index contributed by atoms with van der Waals surface area (Å²) in [5.41, 5.74) is 6.75. The maximum Gasteiger partial charge on any atom is 0.225 e. The number of hydrogen-bond donors (Lipinski definition) is 2. The van der Waals surface area contributed by atoms with Gasteiger partial charge in [0.1, 0.15) is 11.9 Å². The predicted octanol–water partition coefficient (Wildman–Crippen LogP) is 2.63. The summed E-state index contributed by atoms with van der Waals surface area (Å²) in [4.78, 5) is 8.17. The molecule has 0 saturated carbocycles. The largest absolute Gasteiger partial charge is 0.470 e. The van der Waals surface area contributed by atoms with Gasteiger partial charge >= 0.3 is 0 Å². The smallest absolute Gasteiger partial charge is 0.225 e. The van der Waals surface area contributed by atoms with Crippen molar-refractivity contribution >= 4 is 11.8 Å². The van der Waals surface area contributed by atoms with Crippen LogP contribution in [-0.2, 0) is 0 Å². The lowest BCUT2D eigenvalue weighted by molar-refractivity contribution is 0.217.